The monoisotopic (exact) mass is 345 g/mol. The number of hydrogen-bond acceptors (Lipinski definition) is 5. The summed E-state index contributed by atoms with van der Waals surface area (Å²) in [5, 5.41) is 3.26. The summed E-state index contributed by atoms with van der Waals surface area (Å²) in [7, 11) is 1.58. The molecule has 0 aliphatic carbocycles. The zero-order chi connectivity index (χ0) is 17.7. The van der Waals surface area contributed by atoms with Gasteiger partial charge in [0.2, 0.25) is 5.91 Å². The van der Waals surface area contributed by atoms with Crippen molar-refractivity contribution in [1.29, 1.82) is 0 Å². The summed E-state index contributed by atoms with van der Waals surface area (Å²) in [6.07, 6.45) is 0. The second kappa shape index (κ2) is 7.83. The number of thioether (sulfide) groups is 1. The van der Waals surface area contributed by atoms with Crippen LogP contribution < -0.4 is 15.8 Å². The molecule has 0 radical (unpaired) electrons. The zero-order valence-corrected chi connectivity index (χ0v) is 14.6. The smallest absolute Gasteiger partial charge is 0.251 e. The molecule has 0 bridgehead atoms. The molecule has 2 amide bonds. The van der Waals surface area contributed by atoms with Crippen LogP contribution >= 0.6 is 11.8 Å². The minimum atomic E-state index is -0.543. The summed E-state index contributed by atoms with van der Waals surface area (Å²) in [5.41, 5.74) is 7.98. The van der Waals surface area contributed by atoms with Crippen LogP contribution in [0.4, 0.5) is 5.69 Å². The molecular formula is C17H19N3O3S. The molecule has 0 saturated carbocycles. The molecule has 24 heavy (non-hydrogen) atoms. The van der Waals surface area contributed by atoms with E-state index in [0.717, 1.165) is 11.3 Å². The van der Waals surface area contributed by atoms with Crippen LogP contribution in [0, 0.1) is 13.8 Å². The van der Waals surface area contributed by atoms with E-state index < -0.39 is 5.91 Å². The van der Waals surface area contributed by atoms with E-state index in [4.69, 9.17) is 10.5 Å². The predicted molar refractivity (Wildman–Crippen MR) is 94.6 cm³/mol. The Morgan fingerprint density at radius 2 is 1.92 bits per heavy atom. The van der Waals surface area contributed by atoms with Gasteiger partial charge in [0.1, 0.15) is 10.8 Å². The number of nitrogens with two attached hydrogens (primary N) is 1. The predicted octanol–water partition coefficient (Wildman–Crippen LogP) is 2.54. The Kier molecular flexibility index (Phi) is 5.81. The van der Waals surface area contributed by atoms with Crippen molar-refractivity contribution in [3.63, 3.8) is 0 Å². The van der Waals surface area contributed by atoms with Gasteiger partial charge in [-0.05, 0) is 49.7 Å². The Morgan fingerprint density at radius 1 is 1.25 bits per heavy atom. The Balaban J connectivity index is 2.04. The maximum absolute atomic E-state index is 12.1. The molecule has 0 saturated heterocycles. The highest BCUT2D eigenvalue weighted by atomic mass is 32.2. The van der Waals surface area contributed by atoms with Gasteiger partial charge < -0.3 is 15.8 Å². The Hall–Kier alpha value is -2.54. The minimum Gasteiger partial charge on any atom is -0.497 e. The van der Waals surface area contributed by atoms with Crippen molar-refractivity contribution < 1.29 is 14.3 Å². The molecule has 2 rings (SSSR count). The Bertz CT molecular complexity index is 760. The number of methoxy groups -OCH3 is 1. The fourth-order valence-electron chi connectivity index (χ4n) is 2.21. The van der Waals surface area contributed by atoms with Crippen molar-refractivity contribution in [3.8, 4) is 5.75 Å². The maximum atomic E-state index is 12.1. The number of anilines is 1. The molecule has 2 aromatic rings. The molecule has 0 fully saturated rings. The van der Waals surface area contributed by atoms with E-state index >= 15 is 0 Å². The molecule has 0 aliphatic rings. The van der Waals surface area contributed by atoms with Gasteiger partial charge >= 0.3 is 0 Å². The number of amides is 2. The number of hydrogen-bond donors (Lipinski definition) is 2. The van der Waals surface area contributed by atoms with Gasteiger partial charge in [-0.3, -0.25) is 9.59 Å². The van der Waals surface area contributed by atoms with E-state index in [0.29, 0.717) is 22.0 Å². The van der Waals surface area contributed by atoms with Crippen LogP contribution in [-0.2, 0) is 4.79 Å². The highest BCUT2D eigenvalue weighted by Crippen LogP contribution is 2.24. The third kappa shape index (κ3) is 4.48. The molecule has 3 N–H and O–H groups in total. The van der Waals surface area contributed by atoms with Gasteiger partial charge in [-0.15, -0.1) is 0 Å². The summed E-state index contributed by atoms with van der Waals surface area (Å²) in [4.78, 5) is 28.0. The van der Waals surface area contributed by atoms with Crippen LogP contribution in [-0.4, -0.2) is 29.7 Å². The van der Waals surface area contributed by atoms with Gasteiger partial charge in [0, 0.05) is 11.4 Å². The number of pyridine rings is 1. The first kappa shape index (κ1) is 17.8. The van der Waals surface area contributed by atoms with Crippen LogP contribution in [0.2, 0.25) is 0 Å². The summed E-state index contributed by atoms with van der Waals surface area (Å²) in [6, 6.07) is 8.83. The van der Waals surface area contributed by atoms with E-state index in [9.17, 15) is 9.59 Å². The molecule has 0 aliphatic heterocycles. The number of aryl methyl sites for hydroxylation is 2. The fourth-order valence-corrected chi connectivity index (χ4v) is 3.17. The largest absolute Gasteiger partial charge is 0.497 e. The van der Waals surface area contributed by atoms with E-state index in [1.165, 1.54) is 11.8 Å². The summed E-state index contributed by atoms with van der Waals surface area (Å²) >= 11 is 1.19. The van der Waals surface area contributed by atoms with Gasteiger partial charge in [-0.1, -0.05) is 11.8 Å². The van der Waals surface area contributed by atoms with Crippen molar-refractivity contribution >= 4 is 29.3 Å². The zero-order valence-electron chi connectivity index (χ0n) is 13.8. The van der Waals surface area contributed by atoms with E-state index in [1.807, 2.05) is 6.92 Å². The molecule has 1 aromatic carbocycles. The standard InChI is InChI=1S/C17H19N3O3S/c1-10-8-11(2)19-17(15(10)16(18)22)24-9-14(21)20-12-4-6-13(23-3)7-5-12/h4-8H,9H2,1-3H3,(H2,18,22)(H,20,21). The van der Waals surface area contributed by atoms with Gasteiger partial charge in [0.05, 0.1) is 18.4 Å². The second-order valence-corrected chi connectivity index (χ2v) is 6.15. The van der Waals surface area contributed by atoms with Crippen LogP contribution in [0.5, 0.6) is 5.75 Å². The lowest BCUT2D eigenvalue weighted by atomic mass is 10.1. The SMILES string of the molecule is COc1ccc(NC(=O)CSc2nc(C)cc(C)c2C(N)=O)cc1. The Morgan fingerprint density at radius 3 is 2.50 bits per heavy atom. The quantitative estimate of drug-likeness (QED) is 0.785. The third-order valence-electron chi connectivity index (χ3n) is 3.27. The van der Waals surface area contributed by atoms with Gasteiger partial charge in [-0.25, -0.2) is 4.98 Å². The van der Waals surface area contributed by atoms with Gasteiger partial charge in [0.25, 0.3) is 5.91 Å². The van der Waals surface area contributed by atoms with Crippen molar-refractivity contribution in [2.24, 2.45) is 5.73 Å². The van der Waals surface area contributed by atoms with Gasteiger partial charge in [0.15, 0.2) is 0 Å². The summed E-state index contributed by atoms with van der Waals surface area (Å²) in [6.45, 7) is 3.63. The average Bonchev–Trinajstić information content (AvgIpc) is 2.52. The van der Waals surface area contributed by atoms with Crippen molar-refractivity contribution in [3.05, 3.63) is 47.2 Å². The molecule has 0 unspecified atom stereocenters. The van der Waals surface area contributed by atoms with Crippen LogP contribution in [0.3, 0.4) is 0 Å². The summed E-state index contributed by atoms with van der Waals surface area (Å²) in [5.74, 6) is 0.106. The molecule has 126 valence electrons. The van der Waals surface area contributed by atoms with Gasteiger partial charge in [-0.2, -0.15) is 0 Å². The van der Waals surface area contributed by atoms with E-state index in [2.05, 4.69) is 10.3 Å². The number of ether oxygens (including phenoxy) is 1. The second-order valence-electron chi connectivity index (χ2n) is 5.19. The number of nitrogens with one attached hydrogen (secondary N) is 1. The molecule has 0 spiro atoms. The highest BCUT2D eigenvalue weighted by molar-refractivity contribution is 8.00. The molecule has 1 heterocycles. The molecular weight excluding hydrogens is 326 g/mol. The number of carbonyl (C=O) groups is 2. The molecule has 6 nitrogen and oxygen atoms in total. The summed E-state index contributed by atoms with van der Waals surface area (Å²) < 4.78 is 5.07. The van der Waals surface area contributed by atoms with Crippen molar-refractivity contribution in [2.45, 2.75) is 18.9 Å². The lowest BCUT2D eigenvalue weighted by molar-refractivity contribution is -0.113. The topological polar surface area (TPSA) is 94.3 Å². The average molecular weight is 345 g/mol. The first-order chi connectivity index (χ1) is 11.4. The molecule has 1 aromatic heterocycles. The highest BCUT2D eigenvalue weighted by Gasteiger charge is 2.16. The first-order valence-electron chi connectivity index (χ1n) is 7.25. The lowest BCUT2D eigenvalue weighted by Crippen LogP contribution is -2.17. The lowest BCUT2D eigenvalue weighted by Gasteiger charge is -2.10. The number of rotatable bonds is 6. The number of carbonyl (C=O) groups excluding carboxylic acids is 2. The fraction of sp³-hybridized carbons (Fsp3) is 0.235. The first-order valence-corrected chi connectivity index (χ1v) is 8.24. The normalized spacial score (nSPS) is 10.3. The van der Waals surface area contributed by atoms with Crippen molar-refractivity contribution in [1.82, 2.24) is 4.98 Å². The third-order valence-corrected chi connectivity index (χ3v) is 4.25. The molecule has 7 heteroatoms. The number of benzene rings is 1. The van der Waals surface area contributed by atoms with E-state index in [-0.39, 0.29) is 11.7 Å². The van der Waals surface area contributed by atoms with Crippen LogP contribution in [0.15, 0.2) is 35.4 Å². The Labute approximate surface area is 144 Å². The number of aromatic nitrogens is 1. The van der Waals surface area contributed by atoms with Crippen molar-refractivity contribution in [2.75, 3.05) is 18.2 Å². The minimum absolute atomic E-state index is 0.127. The maximum Gasteiger partial charge on any atom is 0.251 e. The van der Waals surface area contributed by atoms with Crippen LogP contribution in [0.25, 0.3) is 0 Å². The molecule has 0 atom stereocenters. The van der Waals surface area contributed by atoms with E-state index in [1.54, 1.807) is 44.4 Å². The number of primary amides is 1. The number of nitrogens with zero attached hydrogens (tertiary/aromatic N) is 1. The van der Waals surface area contributed by atoms with Crippen LogP contribution in [0.1, 0.15) is 21.6 Å².